The minimum absolute atomic E-state index is 0.151. The van der Waals surface area contributed by atoms with Gasteiger partial charge in [0, 0.05) is 17.2 Å². The Morgan fingerprint density at radius 1 is 1.05 bits per heavy atom. The molecule has 1 heterocycles. The molecule has 38 heavy (non-hydrogen) atoms. The summed E-state index contributed by atoms with van der Waals surface area (Å²) in [4.78, 5) is 16.4. The molecule has 7 nitrogen and oxygen atoms in total. The molecule has 0 saturated heterocycles. The molecule has 0 saturated carbocycles. The predicted molar refractivity (Wildman–Crippen MR) is 136 cm³/mol. The summed E-state index contributed by atoms with van der Waals surface area (Å²) in [6.07, 6.45) is 10.9. The first-order chi connectivity index (χ1) is 18.4. The maximum Gasteiger partial charge on any atom is 0.185 e. The zero-order valence-electron chi connectivity index (χ0n) is 20.1. The quantitative estimate of drug-likeness (QED) is 0.181. The van der Waals surface area contributed by atoms with Gasteiger partial charge in [-0.15, -0.1) is 6.42 Å². The monoisotopic (exact) mass is 515 g/mol. The number of carbonyl (C=O) groups excluding carboxylic acids is 1. The van der Waals surface area contributed by atoms with Gasteiger partial charge in [-0.25, -0.2) is 18.4 Å². The van der Waals surface area contributed by atoms with Crippen LogP contribution < -0.4 is 9.47 Å². The molecule has 4 rings (SSSR count). The zero-order chi connectivity index (χ0) is 27.0. The van der Waals surface area contributed by atoms with Crippen molar-refractivity contribution in [2.45, 2.75) is 12.1 Å². The first-order valence-electron chi connectivity index (χ1n) is 11.5. The molecule has 0 radical (unpaired) electrons. The number of halogens is 2. The standard InChI is InChI=1S/C29H23F2N3O4/c1-2-15-37-24-9-3-21(4-10-24)5-14-28(35)22-6-11-25(12-7-22)38-18-29(36,17-34-20-32-19-33-34)26-13-8-23(30)16-27(26)31/h1,3-14,16,19-20,36H,15,17-18H2. The van der Waals surface area contributed by atoms with E-state index in [9.17, 15) is 18.7 Å². The Labute approximate surface area is 218 Å². The Morgan fingerprint density at radius 3 is 2.42 bits per heavy atom. The number of rotatable bonds is 11. The van der Waals surface area contributed by atoms with E-state index in [2.05, 4.69) is 16.0 Å². The van der Waals surface area contributed by atoms with E-state index >= 15 is 0 Å². The fourth-order valence-electron chi connectivity index (χ4n) is 3.64. The van der Waals surface area contributed by atoms with Crippen LogP contribution in [-0.4, -0.2) is 38.9 Å². The number of terminal acetylenes is 1. The number of ether oxygens (including phenoxy) is 2. The summed E-state index contributed by atoms with van der Waals surface area (Å²) in [5.41, 5.74) is -0.803. The van der Waals surface area contributed by atoms with Crippen molar-refractivity contribution in [1.82, 2.24) is 14.8 Å². The average Bonchev–Trinajstić information content (AvgIpc) is 3.43. The van der Waals surface area contributed by atoms with Gasteiger partial charge in [0.1, 0.15) is 54.6 Å². The molecular formula is C29H23F2N3O4. The summed E-state index contributed by atoms with van der Waals surface area (Å²) in [6, 6.07) is 16.3. The van der Waals surface area contributed by atoms with Gasteiger partial charge in [0.2, 0.25) is 0 Å². The lowest BCUT2D eigenvalue weighted by atomic mass is 9.94. The Morgan fingerprint density at radius 2 is 1.76 bits per heavy atom. The fourth-order valence-corrected chi connectivity index (χ4v) is 3.64. The molecule has 0 fully saturated rings. The molecule has 3 aromatic carbocycles. The number of ketones is 1. The van der Waals surface area contributed by atoms with Gasteiger partial charge >= 0.3 is 0 Å². The van der Waals surface area contributed by atoms with Crippen LogP contribution in [0.1, 0.15) is 21.5 Å². The van der Waals surface area contributed by atoms with Crippen molar-refractivity contribution in [2.75, 3.05) is 13.2 Å². The SMILES string of the molecule is C#CCOc1ccc(C=CC(=O)c2ccc(OCC(O)(Cn3cncn3)c3ccc(F)cc3F)cc2)cc1. The van der Waals surface area contributed by atoms with Crippen molar-refractivity contribution in [3.63, 3.8) is 0 Å². The summed E-state index contributed by atoms with van der Waals surface area (Å²) >= 11 is 0. The second-order valence-corrected chi connectivity index (χ2v) is 8.32. The first-order valence-corrected chi connectivity index (χ1v) is 11.5. The zero-order valence-corrected chi connectivity index (χ0v) is 20.1. The van der Waals surface area contributed by atoms with E-state index in [0.717, 1.165) is 17.7 Å². The van der Waals surface area contributed by atoms with Gasteiger partial charge < -0.3 is 14.6 Å². The molecule has 0 spiro atoms. The van der Waals surface area contributed by atoms with Crippen LogP contribution >= 0.6 is 0 Å². The van der Waals surface area contributed by atoms with Crippen LogP contribution in [0.2, 0.25) is 0 Å². The topological polar surface area (TPSA) is 86.5 Å². The summed E-state index contributed by atoms with van der Waals surface area (Å²) in [7, 11) is 0. The van der Waals surface area contributed by atoms with Crippen molar-refractivity contribution in [3.05, 3.63) is 114 Å². The maximum absolute atomic E-state index is 14.5. The highest BCUT2D eigenvalue weighted by Gasteiger charge is 2.34. The molecule has 0 bridgehead atoms. The molecule has 192 valence electrons. The van der Waals surface area contributed by atoms with Crippen molar-refractivity contribution in [3.8, 4) is 23.8 Å². The van der Waals surface area contributed by atoms with Crippen LogP contribution in [0.25, 0.3) is 6.08 Å². The molecule has 1 aromatic heterocycles. The van der Waals surface area contributed by atoms with E-state index < -0.39 is 17.2 Å². The van der Waals surface area contributed by atoms with E-state index in [1.54, 1.807) is 54.6 Å². The minimum Gasteiger partial charge on any atom is -0.490 e. The van der Waals surface area contributed by atoms with Gasteiger partial charge in [0.25, 0.3) is 0 Å². The second-order valence-electron chi connectivity index (χ2n) is 8.32. The molecule has 0 aliphatic rings. The van der Waals surface area contributed by atoms with Gasteiger partial charge in [-0.2, -0.15) is 5.10 Å². The summed E-state index contributed by atoms with van der Waals surface area (Å²) < 4.78 is 40.4. The van der Waals surface area contributed by atoms with E-state index in [1.807, 2.05) is 0 Å². The number of hydrogen-bond donors (Lipinski definition) is 1. The van der Waals surface area contributed by atoms with Crippen molar-refractivity contribution >= 4 is 11.9 Å². The smallest absolute Gasteiger partial charge is 0.185 e. The average molecular weight is 516 g/mol. The number of aromatic nitrogens is 3. The molecule has 1 atom stereocenters. The third kappa shape index (κ3) is 6.69. The van der Waals surface area contributed by atoms with Crippen molar-refractivity contribution in [2.24, 2.45) is 0 Å². The Balaban J connectivity index is 1.42. The molecular weight excluding hydrogens is 492 g/mol. The Hall–Kier alpha value is -4.81. The molecule has 1 N–H and O–H groups in total. The number of nitrogens with zero attached hydrogens (tertiary/aromatic N) is 3. The van der Waals surface area contributed by atoms with Crippen LogP contribution in [0.15, 0.2) is 85.5 Å². The lowest BCUT2D eigenvalue weighted by Gasteiger charge is -2.29. The molecule has 0 amide bonds. The molecule has 0 aliphatic heterocycles. The summed E-state index contributed by atoms with van der Waals surface area (Å²) in [5.74, 6) is 1.46. The van der Waals surface area contributed by atoms with Gasteiger partial charge in [0.05, 0.1) is 6.54 Å². The van der Waals surface area contributed by atoms with E-state index in [4.69, 9.17) is 15.9 Å². The number of aliphatic hydroxyl groups is 1. The summed E-state index contributed by atoms with van der Waals surface area (Å²) in [6.45, 7) is -0.380. The summed E-state index contributed by atoms with van der Waals surface area (Å²) in [5, 5.41) is 15.3. The fraction of sp³-hybridized carbons (Fsp3) is 0.138. The number of allylic oxidation sites excluding steroid dienone is 1. The Bertz CT molecular complexity index is 1450. The number of benzene rings is 3. The highest BCUT2D eigenvalue weighted by molar-refractivity contribution is 6.06. The van der Waals surface area contributed by atoms with Crippen LogP contribution in [0.5, 0.6) is 11.5 Å². The maximum atomic E-state index is 14.5. The largest absolute Gasteiger partial charge is 0.490 e. The molecule has 4 aromatic rings. The van der Waals surface area contributed by atoms with Gasteiger partial charge in [-0.1, -0.05) is 30.2 Å². The first kappa shape index (κ1) is 26.3. The molecule has 9 heteroatoms. The van der Waals surface area contributed by atoms with E-state index in [-0.39, 0.29) is 31.1 Å². The van der Waals surface area contributed by atoms with E-state index in [1.165, 1.54) is 23.4 Å². The Kier molecular flexibility index (Phi) is 8.26. The normalized spacial score (nSPS) is 12.6. The van der Waals surface area contributed by atoms with Crippen molar-refractivity contribution in [1.29, 1.82) is 0 Å². The van der Waals surface area contributed by atoms with Gasteiger partial charge in [-0.3, -0.25) is 4.79 Å². The number of hydrogen-bond acceptors (Lipinski definition) is 6. The number of carbonyl (C=O) groups is 1. The molecule has 1 unspecified atom stereocenters. The van der Waals surface area contributed by atoms with Crippen LogP contribution in [0.3, 0.4) is 0 Å². The highest BCUT2D eigenvalue weighted by Crippen LogP contribution is 2.28. The van der Waals surface area contributed by atoms with Crippen LogP contribution in [-0.2, 0) is 12.1 Å². The van der Waals surface area contributed by atoms with Crippen LogP contribution in [0, 0.1) is 24.0 Å². The predicted octanol–water partition coefficient (Wildman–Crippen LogP) is 4.43. The van der Waals surface area contributed by atoms with Gasteiger partial charge in [-0.05, 0) is 54.1 Å². The minimum atomic E-state index is -1.88. The van der Waals surface area contributed by atoms with Gasteiger partial charge in [0.15, 0.2) is 5.78 Å². The lowest BCUT2D eigenvalue weighted by Crippen LogP contribution is -2.39. The van der Waals surface area contributed by atoms with E-state index in [0.29, 0.717) is 23.1 Å². The lowest BCUT2D eigenvalue weighted by molar-refractivity contribution is -0.0297. The van der Waals surface area contributed by atoms with Crippen molar-refractivity contribution < 1.29 is 28.2 Å². The third-order valence-electron chi connectivity index (χ3n) is 5.57. The van der Waals surface area contributed by atoms with Crippen LogP contribution in [0.4, 0.5) is 8.78 Å². The molecule has 0 aliphatic carbocycles. The third-order valence-corrected chi connectivity index (χ3v) is 5.57. The second kappa shape index (κ2) is 12.0. The highest BCUT2D eigenvalue weighted by atomic mass is 19.1.